The number of likely N-dealkylation sites (tertiary alicyclic amines) is 1. The third-order valence-electron chi connectivity index (χ3n) is 5.37. The largest absolute Gasteiger partial charge is 0.339 e. The standard InChI is InChI=1S/C21H19N5O3S/c1-3-25-10-16(17(27)15-5-4-12(2)22-19(15)25)21(28)26-8-14(9-26)20-23-18(24-29-20)13-6-7-30-11-13/h4-7,10-11,14H,3,8-9H2,1-2H3. The highest BCUT2D eigenvalue weighted by Gasteiger charge is 2.37. The highest BCUT2D eigenvalue weighted by atomic mass is 32.1. The van der Waals surface area contributed by atoms with Gasteiger partial charge in [-0.25, -0.2) is 4.98 Å². The first-order valence-electron chi connectivity index (χ1n) is 9.71. The highest BCUT2D eigenvalue weighted by molar-refractivity contribution is 7.08. The fourth-order valence-electron chi connectivity index (χ4n) is 3.63. The van der Waals surface area contributed by atoms with Gasteiger partial charge < -0.3 is 14.0 Å². The lowest BCUT2D eigenvalue weighted by atomic mass is 9.98. The van der Waals surface area contributed by atoms with Crippen LogP contribution < -0.4 is 5.43 Å². The predicted molar refractivity (Wildman–Crippen MR) is 113 cm³/mol. The summed E-state index contributed by atoms with van der Waals surface area (Å²) in [6, 6.07) is 5.47. The third-order valence-corrected chi connectivity index (χ3v) is 6.05. The second-order valence-electron chi connectivity index (χ2n) is 7.36. The van der Waals surface area contributed by atoms with Crippen LogP contribution in [0.2, 0.25) is 0 Å². The Labute approximate surface area is 175 Å². The molecule has 0 atom stereocenters. The lowest BCUT2D eigenvalue weighted by molar-refractivity contribution is 0.0567. The molecule has 5 rings (SSSR count). The lowest BCUT2D eigenvalue weighted by Crippen LogP contribution is -2.49. The van der Waals surface area contributed by atoms with E-state index in [0.717, 1.165) is 11.3 Å². The number of nitrogens with zero attached hydrogens (tertiary/aromatic N) is 5. The first kappa shape index (κ1) is 18.7. The number of hydrogen-bond acceptors (Lipinski definition) is 7. The minimum atomic E-state index is -0.284. The van der Waals surface area contributed by atoms with Crippen LogP contribution in [-0.2, 0) is 6.54 Å². The van der Waals surface area contributed by atoms with Gasteiger partial charge >= 0.3 is 0 Å². The van der Waals surface area contributed by atoms with E-state index in [4.69, 9.17) is 4.52 Å². The van der Waals surface area contributed by atoms with Crippen LogP contribution in [0.1, 0.15) is 34.8 Å². The molecule has 0 aliphatic carbocycles. The van der Waals surface area contributed by atoms with E-state index in [1.165, 1.54) is 0 Å². The summed E-state index contributed by atoms with van der Waals surface area (Å²) >= 11 is 1.57. The van der Waals surface area contributed by atoms with Crippen LogP contribution in [0.3, 0.4) is 0 Å². The highest BCUT2D eigenvalue weighted by Crippen LogP contribution is 2.29. The van der Waals surface area contributed by atoms with E-state index in [1.54, 1.807) is 34.6 Å². The Hall–Kier alpha value is -3.33. The number of aromatic nitrogens is 4. The number of aryl methyl sites for hydroxylation is 2. The number of carbonyl (C=O) groups excluding carboxylic acids is 1. The number of carbonyl (C=O) groups is 1. The van der Waals surface area contributed by atoms with Gasteiger partial charge in [0, 0.05) is 42.5 Å². The molecular formula is C21H19N5O3S. The monoisotopic (exact) mass is 421 g/mol. The van der Waals surface area contributed by atoms with Crippen molar-refractivity contribution in [1.29, 1.82) is 0 Å². The fourth-order valence-corrected chi connectivity index (χ4v) is 4.27. The van der Waals surface area contributed by atoms with Gasteiger partial charge in [-0.05, 0) is 37.4 Å². The zero-order valence-corrected chi connectivity index (χ0v) is 17.3. The Morgan fingerprint density at radius 1 is 1.27 bits per heavy atom. The van der Waals surface area contributed by atoms with Crippen LogP contribution in [0.5, 0.6) is 0 Å². The summed E-state index contributed by atoms with van der Waals surface area (Å²) in [5.41, 5.74) is 2.23. The van der Waals surface area contributed by atoms with Crippen molar-refractivity contribution in [2.24, 2.45) is 0 Å². The molecule has 0 radical (unpaired) electrons. The van der Waals surface area contributed by atoms with Crippen LogP contribution in [-0.4, -0.2) is 43.6 Å². The van der Waals surface area contributed by atoms with Crippen LogP contribution in [0.15, 0.2) is 44.5 Å². The first-order chi connectivity index (χ1) is 14.5. The van der Waals surface area contributed by atoms with Gasteiger partial charge in [-0.2, -0.15) is 16.3 Å². The molecule has 152 valence electrons. The lowest BCUT2D eigenvalue weighted by Gasteiger charge is -2.37. The van der Waals surface area contributed by atoms with Gasteiger partial charge in [-0.1, -0.05) is 5.16 Å². The van der Waals surface area contributed by atoms with Gasteiger partial charge in [0.05, 0.1) is 11.3 Å². The molecule has 4 aromatic rings. The first-order valence-corrected chi connectivity index (χ1v) is 10.7. The van der Waals surface area contributed by atoms with Crippen molar-refractivity contribution in [2.75, 3.05) is 13.1 Å². The van der Waals surface area contributed by atoms with Gasteiger partial charge in [0.15, 0.2) is 0 Å². The molecule has 0 N–H and O–H groups in total. The van der Waals surface area contributed by atoms with Gasteiger partial charge in [0.2, 0.25) is 17.1 Å². The molecule has 30 heavy (non-hydrogen) atoms. The Bertz CT molecular complexity index is 1300. The SMILES string of the molecule is CCn1cc(C(=O)N2CC(c3nc(-c4ccsc4)no3)C2)c(=O)c2ccc(C)nc21. The Morgan fingerprint density at radius 2 is 2.10 bits per heavy atom. The molecule has 1 saturated heterocycles. The average molecular weight is 421 g/mol. The molecule has 1 fully saturated rings. The summed E-state index contributed by atoms with van der Waals surface area (Å²) in [6.45, 7) is 5.34. The van der Waals surface area contributed by atoms with Crippen molar-refractivity contribution in [3.8, 4) is 11.4 Å². The van der Waals surface area contributed by atoms with E-state index in [2.05, 4.69) is 15.1 Å². The predicted octanol–water partition coefficient (Wildman–Crippen LogP) is 3.08. The molecule has 0 bridgehead atoms. The molecule has 0 spiro atoms. The summed E-state index contributed by atoms with van der Waals surface area (Å²) in [5.74, 6) is 0.772. The van der Waals surface area contributed by atoms with E-state index in [-0.39, 0.29) is 22.8 Å². The molecule has 4 aromatic heterocycles. The Kier molecular flexibility index (Phi) is 4.47. The average Bonchev–Trinajstić information content (AvgIpc) is 3.39. The number of pyridine rings is 2. The summed E-state index contributed by atoms with van der Waals surface area (Å²) in [7, 11) is 0. The summed E-state index contributed by atoms with van der Waals surface area (Å²) in [5, 5.41) is 8.40. The maximum atomic E-state index is 13.0. The molecule has 8 nitrogen and oxygen atoms in total. The van der Waals surface area contributed by atoms with Crippen LogP contribution in [0.25, 0.3) is 22.4 Å². The van der Waals surface area contributed by atoms with Crippen molar-refractivity contribution in [3.05, 3.63) is 62.5 Å². The quantitative estimate of drug-likeness (QED) is 0.503. The topological polar surface area (TPSA) is 94.1 Å². The number of thiophene rings is 1. The van der Waals surface area contributed by atoms with Crippen LogP contribution >= 0.6 is 11.3 Å². The molecular weight excluding hydrogens is 402 g/mol. The fraction of sp³-hybridized carbons (Fsp3) is 0.286. The number of hydrogen-bond donors (Lipinski definition) is 0. The van der Waals surface area contributed by atoms with Crippen molar-refractivity contribution >= 4 is 28.3 Å². The zero-order chi connectivity index (χ0) is 20.8. The molecule has 0 unspecified atom stereocenters. The van der Waals surface area contributed by atoms with Gasteiger partial charge in [-0.3, -0.25) is 9.59 Å². The summed E-state index contributed by atoms with van der Waals surface area (Å²) in [4.78, 5) is 36.5. The molecule has 0 aromatic carbocycles. The third kappa shape index (κ3) is 3.02. The van der Waals surface area contributed by atoms with Crippen molar-refractivity contribution in [3.63, 3.8) is 0 Å². The molecule has 5 heterocycles. The maximum absolute atomic E-state index is 13.0. The smallest absolute Gasteiger partial charge is 0.259 e. The Morgan fingerprint density at radius 3 is 2.83 bits per heavy atom. The summed E-state index contributed by atoms with van der Waals surface area (Å²) in [6.07, 6.45) is 1.62. The van der Waals surface area contributed by atoms with Gasteiger partial charge in [0.1, 0.15) is 11.2 Å². The van der Waals surface area contributed by atoms with Crippen LogP contribution in [0, 0.1) is 6.92 Å². The van der Waals surface area contributed by atoms with Crippen molar-refractivity contribution < 1.29 is 9.32 Å². The van der Waals surface area contributed by atoms with E-state index in [0.29, 0.717) is 42.4 Å². The van der Waals surface area contributed by atoms with Crippen molar-refractivity contribution in [2.45, 2.75) is 26.3 Å². The maximum Gasteiger partial charge on any atom is 0.259 e. The number of fused-ring (bicyclic) bond motifs is 1. The minimum absolute atomic E-state index is 0.0213. The summed E-state index contributed by atoms with van der Waals surface area (Å²) < 4.78 is 7.23. The van der Waals surface area contributed by atoms with Gasteiger partial charge in [-0.15, -0.1) is 0 Å². The number of rotatable bonds is 4. The molecule has 0 saturated carbocycles. The Balaban J connectivity index is 1.38. The van der Waals surface area contributed by atoms with E-state index in [9.17, 15) is 9.59 Å². The van der Waals surface area contributed by atoms with E-state index < -0.39 is 0 Å². The van der Waals surface area contributed by atoms with Crippen molar-refractivity contribution in [1.82, 2.24) is 24.6 Å². The molecule has 1 aliphatic rings. The normalized spacial score (nSPS) is 14.3. The second kappa shape index (κ2) is 7.17. The molecule has 9 heteroatoms. The molecule has 1 amide bonds. The van der Waals surface area contributed by atoms with E-state index >= 15 is 0 Å². The second-order valence-corrected chi connectivity index (χ2v) is 8.14. The van der Waals surface area contributed by atoms with E-state index in [1.807, 2.05) is 35.2 Å². The van der Waals surface area contributed by atoms with Gasteiger partial charge in [0.25, 0.3) is 5.91 Å². The van der Waals surface area contributed by atoms with Crippen LogP contribution in [0.4, 0.5) is 0 Å². The zero-order valence-electron chi connectivity index (χ0n) is 16.5. The minimum Gasteiger partial charge on any atom is -0.339 e. The molecule has 1 aliphatic heterocycles. The number of amides is 1.